The molecule has 1 aromatic heterocycles. The van der Waals surface area contributed by atoms with E-state index in [2.05, 4.69) is 59.5 Å². The smallest absolute Gasteiger partial charge is 0.206 e. The Bertz CT molecular complexity index is 565. The van der Waals surface area contributed by atoms with Crippen LogP contribution in [0.5, 0.6) is 0 Å². The van der Waals surface area contributed by atoms with Crippen LogP contribution in [0.2, 0.25) is 0 Å². The molecule has 0 radical (unpaired) electrons. The summed E-state index contributed by atoms with van der Waals surface area (Å²) in [7, 11) is 2.18. The van der Waals surface area contributed by atoms with Crippen molar-refractivity contribution in [3.8, 4) is 0 Å². The van der Waals surface area contributed by atoms with Crippen molar-refractivity contribution in [2.45, 2.75) is 19.9 Å². The molecule has 0 N–H and O–H groups in total. The van der Waals surface area contributed by atoms with E-state index in [-0.39, 0.29) is 0 Å². The number of para-hydroxylation sites is 2. The predicted octanol–water partition coefficient (Wildman–Crippen LogP) is 2.37. The molecule has 0 unspecified atom stereocenters. The molecule has 2 aromatic rings. The minimum absolute atomic E-state index is 0.432. The first kappa shape index (κ1) is 12.5. The first-order chi connectivity index (χ1) is 9.16. The van der Waals surface area contributed by atoms with Crippen molar-refractivity contribution >= 4 is 17.0 Å². The van der Waals surface area contributed by atoms with E-state index in [0.29, 0.717) is 6.04 Å². The third kappa shape index (κ3) is 2.21. The molecule has 0 aliphatic carbocycles. The first-order valence-electron chi connectivity index (χ1n) is 7.07. The molecular weight excluding hydrogens is 236 g/mol. The number of likely N-dealkylation sites (N-methyl/N-ethyl adjacent to an activating group) is 1. The lowest BCUT2D eigenvalue weighted by Gasteiger charge is -2.34. The van der Waals surface area contributed by atoms with Crippen molar-refractivity contribution in [3.05, 3.63) is 24.3 Å². The molecule has 1 aliphatic heterocycles. The number of aromatic nitrogens is 2. The van der Waals surface area contributed by atoms with Gasteiger partial charge in [0.15, 0.2) is 0 Å². The van der Waals surface area contributed by atoms with Crippen LogP contribution in [-0.2, 0) is 0 Å². The summed E-state index contributed by atoms with van der Waals surface area (Å²) in [4.78, 5) is 9.64. The first-order valence-corrected chi connectivity index (χ1v) is 7.07. The van der Waals surface area contributed by atoms with E-state index in [4.69, 9.17) is 4.98 Å². The summed E-state index contributed by atoms with van der Waals surface area (Å²) >= 11 is 0. The molecule has 0 bridgehead atoms. The van der Waals surface area contributed by atoms with E-state index >= 15 is 0 Å². The summed E-state index contributed by atoms with van der Waals surface area (Å²) in [5.74, 6) is 1.13. The van der Waals surface area contributed by atoms with Crippen LogP contribution in [0.3, 0.4) is 0 Å². The third-order valence-corrected chi connectivity index (χ3v) is 3.88. The van der Waals surface area contributed by atoms with Crippen LogP contribution in [0.25, 0.3) is 11.0 Å². The number of rotatable bonds is 2. The lowest BCUT2D eigenvalue weighted by molar-refractivity contribution is 0.309. The van der Waals surface area contributed by atoms with Gasteiger partial charge in [0.05, 0.1) is 11.0 Å². The average Bonchev–Trinajstić information content (AvgIpc) is 2.78. The highest BCUT2D eigenvalue weighted by Crippen LogP contribution is 2.27. The van der Waals surface area contributed by atoms with Gasteiger partial charge in [-0.2, -0.15) is 0 Å². The number of benzene rings is 1. The van der Waals surface area contributed by atoms with Crippen molar-refractivity contribution in [2.24, 2.45) is 0 Å². The van der Waals surface area contributed by atoms with Gasteiger partial charge in [-0.25, -0.2) is 4.98 Å². The highest BCUT2D eigenvalue weighted by molar-refractivity contribution is 5.79. The molecule has 102 valence electrons. The summed E-state index contributed by atoms with van der Waals surface area (Å²) in [5.41, 5.74) is 2.34. The minimum Gasteiger partial charge on any atom is -0.340 e. The molecule has 0 saturated carbocycles. The van der Waals surface area contributed by atoms with Gasteiger partial charge in [0.1, 0.15) is 0 Å². The van der Waals surface area contributed by atoms with Gasteiger partial charge in [-0.15, -0.1) is 0 Å². The van der Waals surface area contributed by atoms with Crippen LogP contribution >= 0.6 is 0 Å². The zero-order chi connectivity index (χ0) is 13.4. The van der Waals surface area contributed by atoms with Crippen LogP contribution in [0, 0.1) is 0 Å². The number of fused-ring (bicyclic) bond motifs is 1. The van der Waals surface area contributed by atoms with E-state index < -0.39 is 0 Å². The van der Waals surface area contributed by atoms with Gasteiger partial charge in [-0.05, 0) is 33.0 Å². The molecule has 4 nitrogen and oxygen atoms in total. The monoisotopic (exact) mass is 258 g/mol. The Hall–Kier alpha value is -1.55. The van der Waals surface area contributed by atoms with Crippen LogP contribution in [0.1, 0.15) is 19.9 Å². The number of hydrogen-bond donors (Lipinski definition) is 0. The molecule has 1 fully saturated rings. The lowest BCUT2D eigenvalue weighted by Crippen LogP contribution is -2.45. The van der Waals surface area contributed by atoms with Crippen molar-refractivity contribution in [2.75, 3.05) is 38.1 Å². The standard InChI is InChI=1S/C15H22N4/c1-12(2)19-14-7-5-4-6-13(14)16-15(19)18-10-8-17(3)9-11-18/h4-7,12H,8-11H2,1-3H3. The molecule has 1 aromatic carbocycles. The number of anilines is 1. The molecule has 4 heteroatoms. The van der Waals surface area contributed by atoms with Crippen molar-refractivity contribution in [1.29, 1.82) is 0 Å². The Morgan fingerprint density at radius 2 is 1.74 bits per heavy atom. The highest BCUT2D eigenvalue weighted by Gasteiger charge is 2.21. The number of imidazole rings is 1. The van der Waals surface area contributed by atoms with Gasteiger partial charge in [-0.1, -0.05) is 12.1 Å². The number of nitrogens with zero attached hydrogens (tertiary/aromatic N) is 4. The Labute approximate surface area is 114 Å². The summed E-state index contributed by atoms with van der Waals surface area (Å²) < 4.78 is 2.36. The van der Waals surface area contributed by atoms with Crippen LogP contribution < -0.4 is 4.90 Å². The van der Waals surface area contributed by atoms with Gasteiger partial charge in [0.2, 0.25) is 5.95 Å². The van der Waals surface area contributed by atoms with E-state index in [9.17, 15) is 0 Å². The molecule has 0 atom stereocenters. The second-order valence-electron chi connectivity index (χ2n) is 5.65. The SMILES string of the molecule is CC(C)n1c(N2CCN(C)CC2)nc2ccccc21. The summed E-state index contributed by atoms with van der Waals surface area (Å²) in [6, 6.07) is 8.86. The van der Waals surface area contributed by atoms with Crippen LogP contribution in [-0.4, -0.2) is 47.7 Å². The molecule has 0 amide bonds. The lowest BCUT2D eigenvalue weighted by atomic mass is 10.3. The van der Waals surface area contributed by atoms with E-state index in [1.807, 2.05) is 0 Å². The average molecular weight is 258 g/mol. The Kier molecular flexibility index (Phi) is 3.19. The Morgan fingerprint density at radius 3 is 2.42 bits per heavy atom. The molecule has 19 heavy (non-hydrogen) atoms. The van der Waals surface area contributed by atoms with Crippen molar-refractivity contribution in [1.82, 2.24) is 14.5 Å². The summed E-state index contributed by atoms with van der Waals surface area (Å²) in [6.45, 7) is 8.81. The van der Waals surface area contributed by atoms with Crippen molar-refractivity contribution in [3.63, 3.8) is 0 Å². The largest absolute Gasteiger partial charge is 0.340 e. The third-order valence-electron chi connectivity index (χ3n) is 3.88. The van der Waals surface area contributed by atoms with Gasteiger partial charge >= 0.3 is 0 Å². The highest BCUT2D eigenvalue weighted by atomic mass is 15.4. The molecule has 0 spiro atoms. The van der Waals surface area contributed by atoms with Gasteiger partial charge < -0.3 is 14.4 Å². The zero-order valence-electron chi connectivity index (χ0n) is 12.0. The number of hydrogen-bond acceptors (Lipinski definition) is 3. The van der Waals surface area contributed by atoms with Crippen LogP contribution in [0.15, 0.2) is 24.3 Å². The fourth-order valence-corrected chi connectivity index (χ4v) is 2.77. The van der Waals surface area contributed by atoms with Gasteiger partial charge in [0, 0.05) is 32.2 Å². The fourth-order valence-electron chi connectivity index (χ4n) is 2.77. The zero-order valence-corrected chi connectivity index (χ0v) is 12.0. The Balaban J connectivity index is 2.05. The molecular formula is C15H22N4. The normalized spacial score (nSPS) is 17.6. The molecule has 1 aliphatic rings. The van der Waals surface area contributed by atoms with Gasteiger partial charge in [0.25, 0.3) is 0 Å². The Morgan fingerprint density at radius 1 is 1.05 bits per heavy atom. The maximum atomic E-state index is 4.85. The quantitative estimate of drug-likeness (QED) is 0.826. The topological polar surface area (TPSA) is 24.3 Å². The molecule has 1 saturated heterocycles. The van der Waals surface area contributed by atoms with Crippen LogP contribution in [0.4, 0.5) is 5.95 Å². The predicted molar refractivity (Wildman–Crippen MR) is 79.8 cm³/mol. The maximum Gasteiger partial charge on any atom is 0.206 e. The van der Waals surface area contributed by atoms with Crippen molar-refractivity contribution < 1.29 is 0 Å². The number of piperazine rings is 1. The summed E-state index contributed by atoms with van der Waals surface area (Å²) in [5, 5.41) is 0. The summed E-state index contributed by atoms with van der Waals surface area (Å²) in [6.07, 6.45) is 0. The van der Waals surface area contributed by atoms with Gasteiger partial charge in [-0.3, -0.25) is 0 Å². The van der Waals surface area contributed by atoms with E-state index in [0.717, 1.165) is 37.6 Å². The molecule has 2 heterocycles. The fraction of sp³-hybridized carbons (Fsp3) is 0.533. The second-order valence-corrected chi connectivity index (χ2v) is 5.65. The maximum absolute atomic E-state index is 4.85. The second kappa shape index (κ2) is 4.85. The minimum atomic E-state index is 0.432. The van der Waals surface area contributed by atoms with E-state index in [1.54, 1.807) is 0 Å². The van der Waals surface area contributed by atoms with E-state index in [1.165, 1.54) is 5.52 Å². The molecule has 3 rings (SSSR count).